The lowest BCUT2D eigenvalue weighted by atomic mass is 10.2. The Bertz CT molecular complexity index is 90.9. The lowest BCUT2D eigenvalue weighted by Gasteiger charge is -2.01. The van der Waals surface area contributed by atoms with Crippen LogP contribution in [-0.4, -0.2) is 12.6 Å². The molecule has 1 heterocycles. The highest BCUT2D eigenvalue weighted by Crippen LogP contribution is 2.44. The molecule has 1 aliphatic heterocycles. The van der Waals surface area contributed by atoms with Gasteiger partial charge >= 0.3 is 0 Å². The van der Waals surface area contributed by atoms with E-state index in [0.717, 1.165) is 17.9 Å². The SMILES string of the molecule is CC.CC.C[C@H]1NCC2CC21. The molecule has 2 aliphatic rings. The fourth-order valence-corrected chi connectivity index (χ4v) is 1.61. The molecule has 1 saturated carbocycles. The van der Waals surface area contributed by atoms with Crippen molar-refractivity contribution in [3.8, 4) is 0 Å². The van der Waals surface area contributed by atoms with Crippen molar-refractivity contribution in [1.82, 2.24) is 5.32 Å². The van der Waals surface area contributed by atoms with E-state index in [9.17, 15) is 0 Å². The number of piperidine rings is 1. The van der Waals surface area contributed by atoms with Crippen molar-refractivity contribution in [1.29, 1.82) is 0 Å². The summed E-state index contributed by atoms with van der Waals surface area (Å²) in [6.45, 7) is 11.6. The molecular formula is C10H23N. The highest BCUT2D eigenvalue weighted by molar-refractivity contribution is 5.00. The Labute approximate surface area is 71.6 Å². The van der Waals surface area contributed by atoms with E-state index in [-0.39, 0.29) is 0 Å². The fourth-order valence-electron chi connectivity index (χ4n) is 1.61. The van der Waals surface area contributed by atoms with Crippen molar-refractivity contribution in [2.24, 2.45) is 11.8 Å². The van der Waals surface area contributed by atoms with Gasteiger partial charge in [0.1, 0.15) is 0 Å². The summed E-state index contributed by atoms with van der Waals surface area (Å²) < 4.78 is 0. The summed E-state index contributed by atoms with van der Waals surface area (Å²) in [7, 11) is 0. The van der Waals surface area contributed by atoms with Crippen molar-refractivity contribution >= 4 is 0 Å². The van der Waals surface area contributed by atoms with Crippen LogP contribution < -0.4 is 5.32 Å². The summed E-state index contributed by atoms with van der Waals surface area (Å²) >= 11 is 0. The number of hydrogen-bond acceptors (Lipinski definition) is 1. The molecule has 1 heteroatoms. The second kappa shape index (κ2) is 5.59. The summed E-state index contributed by atoms with van der Waals surface area (Å²) in [5.74, 6) is 2.15. The largest absolute Gasteiger partial charge is 0.314 e. The maximum absolute atomic E-state index is 3.42. The van der Waals surface area contributed by atoms with Gasteiger partial charge in [-0.15, -0.1) is 0 Å². The quantitative estimate of drug-likeness (QED) is 0.570. The van der Waals surface area contributed by atoms with E-state index in [1.165, 1.54) is 13.0 Å². The predicted octanol–water partition coefficient (Wildman–Crippen LogP) is 2.67. The van der Waals surface area contributed by atoms with Crippen LogP contribution in [0, 0.1) is 11.8 Å². The predicted molar refractivity (Wildman–Crippen MR) is 51.8 cm³/mol. The third-order valence-corrected chi connectivity index (χ3v) is 2.32. The third-order valence-electron chi connectivity index (χ3n) is 2.32. The molecule has 0 spiro atoms. The average Bonchev–Trinajstić information content (AvgIpc) is 2.80. The molecule has 1 N–H and O–H groups in total. The zero-order chi connectivity index (χ0) is 8.85. The molecule has 1 aliphatic carbocycles. The Morgan fingerprint density at radius 1 is 1.09 bits per heavy atom. The minimum atomic E-state index is 0.838. The molecule has 0 aromatic rings. The van der Waals surface area contributed by atoms with E-state index in [0.29, 0.717) is 0 Å². The number of hydrogen-bond donors (Lipinski definition) is 1. The maximum atomic E-state index is 3.42. The minimum Gasteiger partial charge on any atom is -0.314 e. The van der Waals surface area contributed by atoms with E-state index in [4.69, 9.17) is 0 Å². The highest BCUT2D eigenvalue weighted by Gasteiger charge is 2.45. The molecule has 1 saturated heterocycles. The van der Waals surface area contributed by atoms with E-state index in [2.05, 4.69) is 12.2 Å². The van der Waals surface area contributed by atoms with Crippen LogP contribution in [0.3, 0.4) is 0 Å². The molecule has 0 amide bonds. The smallest absolute Gasteiger partial charge is 0.00703 e. The molecule has 0 radical (unpaired) electrons. The molecule has 0 bridgehead atoms. The van der Waals surface area contributed by atoms with Crippen LogP contribution in [0.15, 0.2) is 0 Å². The van der Waals surface area contributed by atoms with Gasteiger partial charge in [0.2, 0.25) is 0 Å². The van der Waals surface area contributed by atoms with Crippen LogP contribution in [0.1, 0.15) is 41.0 Å². The topological polar surface area (TPSA) is 12.0 Å². The van der Waals surface area contributed by atoms with Crippen LogP contribution >= 0.6 is 0 Å². The number of rotatable bonds is 0. The lowest BCUT2D eigenvalue weighted by molar-refractivity contribution is 0.579. The van der Waals surface area contributed by atoms with Gasteiger partial charge in [0.15, 0.2) is 0 Å². The van der Waals surface area contributed by atoms with Gasteiger partial charge in [0.05, 0.1) is 0 Å². The first-order valence-corrected chi connectivity index (χ1v) is 5.11. The zero-order valence-corrected chi connectivity index (χ0v) is 8.65. The van der Waals surface area contributed by atoms with Crippen molar-refractivity contribution in [2.45, 2.75) is 47.1 Å². The molecule has 1 nitrogen and oxygen atoms in total. The van der Waals surface area contributed by atoms with E-state index in [1.54, 1.807) is 0 Å². The molecule has 11 heavy (non-hydrogen) atoms. The van der Waals surface area contributed by atoms with E-state index in [1.807, 2.05) is 27.7 Å². The van der Waals surface area contributed by atoms with Gasteiger partial charge in [-0.05, 0) is 31.7 Å². The molecule has 68 valence electrons. The zero-order valence-electron chi connectivity index (χ0n) is 8.65. The Balaban J connectivity index is 0.000000222. The summed E-state index contributed by atoms with van der Waals surface area (Å²) in [6.07, 6.45) is 1.51. The summed E-state index contributed by atoms with van der Waals surface area (Å²) in [4.78, 5) is 0. The van der Waals surface area contributed by atoms with Gasteiger partial charge in [0.25, 0.3) is 0 Å². The van der Waals surface area contributed by atoms with Gasteiger partial charge in [-0.2, -0.15) is 0 Å². The molecular weight excluding hydrogens is 134 g/mol. The number of nitrogens with one attached hydrogen (secondary N) is 1. The van der Waals surface area contributed by atoms with Crippen LogP contribution in [0.4, 0.5) is 0 Å². The molecule has 2 rings (SSSR count). The van der Waals surface area contributed by atoms with Crippen LogP contribution in [0.25, 0.3) is 0 Å². The second-order valence-electron chi connectivity index (χ2n) is 2.86. The summed E-state index contributed by atoms with van der Waals surface area (Å²) in [6, 6.07) is 0.838. The first-order chi connectivity index (χ1) is 5.38. The maximum Gasteiger partial charge on any atom is 0.00703 e. The van der Waals surface area contributed by atoms with Gasteiger partial charge in [-0.3, -0.25) is 0 Å². The first-order valence-electron chi connectivity index (χ1n) is 5.11. The minimum absolute atomic E-state index is 0.838. The Morgan fingerprint density at radius 3 is 1.73 bits per heavy atom. The van der Waals surface area contributed by atoms with Crippen LogP contribution in [0.5, 0.6) is 0 Å². The van der Waals surface area contributed by atoms with E-state index >= 15 is 0 Å². The Kier molecular flexibility index (Phi) is 5.57. The highest BCUT2D eigenvalue weighted by atomic mass is 15.0. The molecule has 0 aromatic heterocycles. The molecule has 3 atom stereocenters. The third kappa shape index (κ3) is 2.82. The van der Waals surface area contributed by atoms with Crippen molar-refractivity contribution in [2.75, 3.05) is 6.54 Å². The van der Waals surface area contributed by atoms with Crippen LogP contribution in [0.2, 0.25) is 0 Å². The standard InChI is InChI=1S/C6H11N.2C2H6/c1-4-6-2-5(6)3-7-4;2*1-2/h4-7H,2-3H2,1H3;2*1-2H3/t4-,5?,6?;;/m1../s1. The molecule has 2 unspecified atom stereocenters. The van der Waals surface area contributed by atoms with E-state index < -0.39 is 0 Å². The van der Waals surface area contributed by atoms with Crippen molar-refractivity contribution in [3.05, 3.63) is 0 Å². The lowest BCUT2D eigenvalue weighted by Crippen LogP contribution is -2.21. The fraction of sp³-hybridized carbons (Fsp3) is 1.00. The van der Waals surface area contributed by atoms with Gasteiger partial charge < -0.3 is 5.32 Å². The second-order valence-corrected chi connectivity index (χ2v) is 2.86. The Hall–Kier alpha value is -0.0400. The monoisotopic (exact) mass is 157 g/mol. The molecule has 2 fully saturated rings. The van der Waals surface area contributed by atoms with Crippen LogP contribution in [-0.2, 0) is 0 Å². The normalized spacial score (nSPS) is 37.4. The van der Waals surface area contributed by atoms with Gasteiger partial charge in [-0.25, -0.2) is 0 Å². The van der Waals surface area contributed by atoms with Crippen molar-refractivity contribution in [3.63, 3.8) is 0 Å². The summed E-state index contributed by atoms with van der Waals surface area (Å²) in [5, 5.41) is 3.42. The summed E-state index contributed by atoms with van der Waals surface area (Å²) in [5.41, 5.74) is 0. The van der Waals surface area contributed by atoms with Gasteiger partial charge in [-0.1, -0.05) is 27.7 Å². The average molecular weight is 157 g/mol. The number of fused-ring (bicyclic) bond motifs is 1. The molecule has 0 aromatic carbocycles. The Morgan fingerprint density at radius 2 is 1.64 bits per heavy atom. The first kappa shape index (κ1) is 11.0. The van der Waals surface area contributed by atoms with Crippen molar-refractivity contribution < 1.29 is 0 Å². The van der Waals surface area contributed by atoms with Gasteiger partial charge in [0, 0.05) is 6.04 Å².